The van der Waals surface area contributed by atoms with Gasteiger partial charge < -0.3 is 0 Å². The minimum atomic E-state index is -2.51. The third-order valence-corrected chi connectivity index (χ3v) is 1.89. The Labute approximate surface area is 71.6 Å². The molecule has 0 atom stereocenters. The number of hydrogen-bond acceptors (Lipinski definition) is 1. The monoisotopic (exact) mass is 221 g/mol. The van der Waals surface area contributed by atoms with Gasteiger partial charge in [0.15, 0.2) is 0 Å². The Morgan fingerprint density at radius 2 is 2.09 bits per heavy atom. The lowest BCUT2D eigenvalue weighted by Gasteiger charge is -2.01. The van der Waals surface area contributed by atoms with Crippen molar-refractivity contribution in [1.82, 2.24) is 4.98 Å². The zero-order chi connectivity index (χ0) is 8.43. The Morgan fingerprint density at radius 3 is 2.55 bits per heavy atom. The van der Waals surface area contributed by atoms with Crippen molar-refractivity contribution < 1.29 is 8.78 Å². The van der Waals surface area contributed by atoms with Crippen LogP contribution < -0.4 is 0 Å². The highest BCUT2D eigenvalue weighted by Gasteiger charge is 2.12. The van der Waals surface area contributed by atoms with Crippen LogP contribution >= 0.6 is 15.9 Å². The molecular formula is C7H6BrF2N. The van der Waals surface area contributed by atoms with Gasteiger partial charge in [-0.05, 0) is 35.0 Å². The summed E-state index contributed by atoms with van der Waals surface area (Å²) in [5.74, 6) is 0. The fourth-order valence-corrected chi connectivity index (χ4v) is 1.11. The summed E-state index contributed by atoms with van der Waals surface area (Å²) < 4.78 is 24.6. The number of pyridine rings is 1. The van der Waals surface area contributed by atoms with Crippen LogP contribution in [0.3, 0.4) is 0 Å². The molecule has 60 valence electrons. The molecule has 0 aliphatic carbocycles. The zero-order valence-electron chi connectivity index (χ0n) is 5.81. The molecule has 0 aromatic carbocycles. The maximum Gasteiger partial charge on any atom is 0.281 e. The first-order chi connectivity index (χ1) is 5.11. The lowest BCUT2D eigenvalue weighted by atomic mass is 10.3. The molecule has 0 saturated heterocycles. The number of aromatic nitrogens is 1. The molecule has 0 fully saturated rings. The minimum absolute atomic E-state index is 0.190. The van der Waals surface area contributed by atoms with Crippen molar-refractivity contribution in [3.63, 3.8) is 0 Å². The topological polar surface area (TPSA) is 12.9 Å². The SMILES string of the molecule is Cc1ccc(Br)c(C(F)F)n1. The van der Waals surface area contributed by atoms with Crippen molar-refractivity contribution in [3.8, 4) is 0 Å². The van der Waals surface area contributed by atoms with Gasteiger partial charge in [0.1, 0.15) is 5.69 Å². The van der Waals surface area contributed by atoms with Crippen LogP contribution in [-0.2, 0) is 0 Å². The number of hydrogen-bond donors (Lipinski definition) is 0. The normalized spacial score (nSPS) is 10.6. The molecule has 0 aliphatic heterocycles. The average molecular weight is 222 g/mol. The van der Waals surface area contributed by atoms with E-state index >= 15 is 0 Å². The maximum absolute atomic E-state index is 12.1. The smallest absolute Gasteiger partial charge is 0.251 e. The van der Waals surface area contributed by atoms with Crippen LogP contribution in [0.15, 0.2) is 16.6 Å². The van der Waals surface area contributed by atoms with Crippen molar-refractivity contribution in [1.29, 1.82) is 0 Å². The number of nitrogens with zero attached hydrogens (tertiary/aromatic N) is 1. The second-order valence-electron chi connectivity index (χ2n) is 2.12. The molecule has 0 aliphatic rings. The summed E-state index contributed by atoms with van der Waals surface area (Å²) in [7, 11) is 0. The predicted molar refractivity (Wildman–Crippen MR) is 41.6 cm³/mol. The van der Waals surface area contributed by atoms with Crippen LogP contribution in [0.5, 0.6) is 0 Å². The first-order valence-electron chi connectivity index (χ1n) is 3.02. The lowest BCUT2D eigenvalue weighted by molar-refractivity contribution is 0.145. The van der Waals surface area contributed by atoms with Gasteiger partial charge in [0, 0.05) is 10.2 Å². The molecule has 0 N–H and O–H groups in total. The molecule has 0 bridgehead atoms. The van der Waals surface area contributed by atoms with E-state index in [1.54, 1.807) is 19.1 Å². The second kappa shape index (κ2) is 3.26. The van der Waals surface area contributed by atoms with Gasteiger partial charge in [0.2, 0.25) is 0 Å². The van der Waals surface area contributed by atoms with Gasteiger partial charge in [-0.25, -0.2) is 8.78 Å². The van der Waals surface area contributed by atoms with Gasteiger partial charge in [-0.1, -0.05) is 0 Å². The van der Waals surface area contributed by atoms with Crippen LogP contribution in [0.2, 0.25) is 0 Å². The summed E-state index contributed by atoms with van der Waals surface area (Å²) in [6, 6.07) is 3.25. The third-order valence-electron chi connectivity index (χ3n) is 1.22. The Morgan fingerprint density at radius 1 is 1.45 bits per heavy atom. The molecule has 4 heteroatoms. The van der Waals surface area contributed by atoms with Crippen molar-refractivity contribution in [2.45, 2.75) is 13.3 Å². The zero-order valence-corrected chi connectivity index (χ0v) is 7.40. The van der Waals surface area contributed by atoms with E-state index in [0.29, 0.717) is 10.2 Å². The first kappa shape index (κ1) is 8.59. The van der Waals surface area contributed by atoms with Gasteiger partial charge in [0.25, 0.3) is 6.43 Å². The molecular weight excluding hydrogens is 216 g/mol. The Hall–Kier alpha value is -0.510. The third kappa shape index (κ3) is 1.96. The van der Waals surface area contributed by atoms with E-state index in [-0.39, 0.29) is 5.69 Å². The molecule has 0 saturated carbocycles. The first-order valence-corrected chi connectivity index (χ1v) is 3.81. The number of alkyl halides is 2. The van der Waals surface area contributed by atoms with E-state index in [1.807, 2.05) is 0 Å². The number of halogens is 3. The summed E-state index contributed by atoms with van der Waals surface area (Å²) in [6.07, 6.45) is -2.51. The van der Waals surface area contributed by atoms with E-state index in [1.165, 1.54) is 0 Å². The van der Waals surface area contributed by atoms with E-state index in [9.17, 15) is 8.78 Å². The molecule has 11 heavy (non-hydrogen) atoms. The van der Waals surface area contributed by atoms with Crippen LogP contribution in [0, 0.1) is 6.92 Å². The van der Waals surface area contributed by atoms with Gasteiger partial charge >= 0.3 is 0 Å². The van der Waals surface area contributed by atoms with E-state index < -0.39 is 6.43 Å². The fourth-order valence-electron chi connectivity index (χ4n) is 0.713. The van der Waals surface area contributed by atoms with Crippen LogP contribution in [-0.4, -0.2) is 4.98 Å². The summed E-state index contributed by atoms with van der Waals surface area (Å²) in [5, 5.41) is 0. The average Bonchev–Trinajstić information content (AvgIpc) is 1.94. The maximum atomic E-state index is 12.1. The van der Waals surface area contributed by atoms with E-state index in [0.717, 1.165) is 0 Å². The Kier molecular flexibility index (Phi) is 2.54. The molecule has 1 aromatic rings. The Balaban J connectivity index is 3.13. The largest absolute Gasteiger partial charge is 0.281 e. The quantitative estimate of drug-likeness (QED) is 0.711. The Bertz CT molecular complexity index is 263. The van der Waals surface area contributed by atoms with Gasteiger partial charge in [-0.3, -0.25) is 4.98 Å². The molecule has 1 rings (SSSR count). The summed E-state index contributed by atoms with van der Waals surface area (Å²) in [6.45, 7) is 1.68. The molecule has 1 nitrogen and oxygen atoms in total. The lowest BCUT2D eigenvalue weighted by Crippen LogP contribution is -1.93. The van der Waals surface area contributed by atoms with Gasteiger partial charge in [0.05, 0.1) is 0 Å². The van der Waals surface area contributed by atoms with Crippen molar-refractivity contribution in [2.24, 2.45) is 0 Å². The van der Waals surface area contributed by atoms with Gasteiger partial charge in [-0.2, -0.15) is 0 Å². The number of aryl methyl sites for hydroxylation is 1. The number of rotatable bonds is 1. The standard InChI is InChI=1S/C7H6BrF2N/c1-4-2-3-5(8)6(11-4)7(9)10/h2-3,7H,1H3. The minimum Gasteiger partial charge on any atom is -0.251 e. The van der Waals surface area contributed by atoms with Crippen LogP contribution in [0.25, 0.3) is 0 Å². The van der Waals surface area contributed by atoms with Crippen LogP contribution in [0.4, 0.5) is 8.78 Å². The molecule has 0 spiro atoms. The molecule has 1 aromatic heterocycles. The van der Waals surface area contributed by atoms with E-state index in [4.69, 9.17) is 0 Å². The van der Waals surface area contributed by atoms with Crippen LogP contribution in [0.1, 0.15) is 17.8 Å². The summed E-state index contributed by atoms with van der Waals surface area (Å²) in [5.41, 5.74) is 0.411. The molecule has 0 amide bonds. The van der Waals surface area contributed by atoms with Crippen molar-refractivity contribution in [2.75, 3.05) is 0 Å². The summed E-state index contributed by atoms with van der Waals surface area (Å²) >= 11 is 2.99. The summed E-state index contributed by atoms with van der Waals surface area (Å²) in [4.78, 5) is 3.68. The molecule has 0 radical (unpaired) electrons. The fraction of sp³-hybridized carbons (Fsp3) is 0.286. The highest BCUT2D eigenvalue weighted by atomic mass is 79.9. The molecule has 0 unspecified atom stereocenters. The second-order valence-corrected chi connectivity index (χ2v) is 2.97. The highest BCUT2D eigenvalue weighted by Crippen LogP contribution is 2.24. The van der Waals surface area contributed by atoms with Crippen molar-refractivity contribution >= 4 is 15.9 Å². The molecule has 1 heterocycles. The van der Waals surface area contributed by atoms with E-state index in [2.05, 4.69) is 20.9 Å². The highest BCUT2D eigenvalue weighted by molar-refractivity contribution is 9.10. The van der Waals surface area contributed by atoms with Crippen molar-refractivity contribution in [3.05, 3.63) is 28.0 Å². The predicted octanol–water partition coefficient (Wildman–Crippen LogP) is 3.09. The van der Waals surface area contributed by atoms with Gasteiger partial charge in [-0.15, -0.1) is 0 Å².